The second-order valence-electron chi connectivity index (χ2n) is 5.99. The van der Waals surface area contributed by atoms with Crippen LogP contribution in [-0.4, -0.2) is 22.4 Å². The van der Waals surface area contributed by atoms with Crippen molar-refractivity contribution in [3.05, 3.63) is 82.4 Å². The monoisotopic (exact) mass is 384 g/mol. The smallest absolute Gasteiger partial charge is 0.270 e. The van der Waals surface area contributed by atoms with E-state index in [1.54, 1.807) is 31.2 Å². The summed E-state index contributed by atoms with van der Waals surface area (Å²) in [6, 6.07) is 15.1. The first kappa shape index (κ1) is 18.8. The summed E-state index contributed by atoms with van der Waals surface area (Å²) in [7, 11) is 0. The molecule has 0 radical (unpaired) electrons. The third-order valence-corrected chi connectivity index (χ3v) is 3.99. The van der Waals surface area contributed by atoms with E-state index in [1.165, 1.54) is 12.1 Å². The van der Waals surface area contributed by atoms with Crippen molar-refractivity contribution in [2.24, 2.45) is 0 Å². The van der Waals surface area contributed by atoms with Gasteiger partial charge in [-0.15, -0.1) is 0 Å². The van der Waals surface area contributed by atoms with E-state index in [1.807, 2.05) is 18.2 Å². The fraction of sp³-hybridized carbons (Fsp3) is 0.150. The first-order valence-electron chi connectivity index (χ1n) is 8.40. The van der Waals surface area contributed by atoms with Gasteiger partial charge in [0.25, 0.3) is 5.91 Å². The molecule has 3 rings (SSSR count). The minimum absolute atomic E-state index is 0.237. The van der Waals surface area contributed by atoms with Crippen LogP contribution in [-0.2, 0) is 6.42 Å². The van der Waals surface area contributed by atoms with Crippen LogP contribution in [0.4, 0.5) is 16.0 Å². The van der Waals surface area contributed by atoms with Gasteiger partial charge in [-0.25, -0.2) is 14.4 Å². The van der Waals surface area contributed by atoms with E-state index in [0.29, 0.717) is 29.4 Å². The predicted octanol–water partition coefficient (Wildman–Crippen LogP) is 4.29. The number of hydrogen-bond donors (Lipinski definition) is 2. The number of hydrogen-bond acceptors (Lipinski definition) is 4. The minimum atomic E-state index is -0.369. The predicted molar refractivity (Wildman–Crippen MR) is 104 cm³/mol. The van der Waals surface area contributed by atoms with E-state index in [2.05, 4.69) is 20.6 Å². The van der Waals surface area contributed by atoms with Crippen LogP contribution in [0.2, 0.25) is 5.02 Å². The Balaban J connectivity index is 1.65. The maximum atomic E-state index is 13.3. The summed E-state index contributed by atoms with van der Waals surface area (Å²) in [5.41, 5.74) is 2.42. The Bertz CT molecular complexity index is 964. The van der Waals surface area contributed by atoms with E-state index in [4.69, 9.17) is 11.6 Å². The van der Waals surface area contributed by atoms with Crippen LogP contribution in [0.15, 0.2) is 54.6 Å². The van der Waals surface area contributed by atoms with Crippen LogP contribution >= 0.6 is 11.6 Å². The van der Waals surface area contributed by atoms with Crippen molar-refractivity contribution < 1.29 is 9.18 Å². The Hall–Kier alpha value is -2.99. The molecule has 0 aliphatic heterocycles. The Labute approximate surface area is 161 Å². The molecule has 3 aromatic rings. The van der Waals surface area contributed by atoms with Crippen molar-refractivity contribution >= 4 is 29.1 Å². The third-order valence-electron chi connectivity index (χ3n) is 3.76. The van der Waals surface area contributed by atoms with Gasteiger partial charge in [0, 0.05) is 22.9 Å². The molecule has 138 valence electrons. The summed E-state index contributed by atoms with van der Waals surface area (Å²) >= 11 is 5.96. The number of anilines is 2. The number of aryl methyl sites for hydroxylation is 1. The number of nitrogens with one attached hydrogen (secondary N) is 2. The molecule has 1 aromatic heterocycles. The average molecular weight is 385 g/mol. The number of benzene rings is 2. The summed E-state index contributed by atoms with van der Waals surface area (Å²) in [4.78, 5) is 20.9. The molecule has 0 spiro atoms. The van der Waals surface area contributed by atoms with E-state index in [0.717, 1.165) is 5.56 Å². The van der Waals surface area contributed by atoms with Crippen LogP contribution in [0.5, 0.6) is 0 Å². The first-order valence-corrected chi connectivity index (χ1v) is 8.78. The van der Waals surface area contributed by atoms with Gasteiger partial charge in [0.1, 0.15) is 11.5 Å². The topological polar surface area (TPSA) is 66.9 Å². The van der Waals surface area contributed by atoms with Gasteiger partial charge in [0.2, 0.25) is 5.95 Å². The number of nitrogens with zero attached hydrogens (tertiary/aromatic N) is 2. The van der Waals surface area contributed by atoms with Gasteiger partial charge in [-0.3, -0.25) is 4.79 Å². The molecule has 0 atom stereocenters. The van der Waals surface area contributed by atoms with Gasteiger partial charge in [0.15, 0.2) is 0 Å². The normalized spacial score (nSPS) is 10.5. The largest absolute Gasteiger partial charge is 0.350 e. The zero-order valence-corrected chi connectivity index (χ0v) is 15.4. The molecule has 0 saturated heterocycles. The summed E-state index contributed by atoms with van der Waals surface area (Å²) in [6.07, 6.45) is 0.658. The third kappa shape index (κ3) is 5.49. The van der Waals surface area contributed by atoms with Gasteiger partial charge >= 0.3 is 0 Å². The van der Waals surface area contributed by atoms with Gasteiger partial charge in [0.05, 0.1) is 0 Å². The molecule has 0 aliphatic carbocycles. The molecule has 7 heteroatoms. The van der Waals surface area contributed by atoms with Gasteiger partial charge in [-0.05, 0) is 55.3 Å². The SMILES string of the molecule is Cc1cc(C(=O)NCCc2cccc(Cl)c2)nc(Nc2cccc(F)c2)n1. The molecule has 0 unspecified atom stereocenters. The molecule has 0 fully saturated rings. The van der Waals surface area contributed by atoms with Crippen molar-refractivity contribution in [3.63, 3.8) is 0 Å². The molecule has 0 aliphatic rings. The number of amides is 1. The van der Waals surface area contributed by atoms with Crippen molar-refractivity contribution in [1.29, 1.82) is 0 Å². The lowest BCUT2D eigenvalue weighted by atomic mass is 10.1. The Morgan fingerprint density at radius 3 is 2.70 bits per heavy atom. The molecule has 1 amide bonds. The molecule has 2 N–H and O–H groups in total. The van der Waals surface area contributed by atoms with Crippen LogP contribution in [0.25, 0.3) is 0 Å². The number of rotatable bonds is 6. The molecule has 2 aromatic carbocycles. The van der Waals surface area contributed by atoms with E-state index < -0.39 is 0 Å². The van der Waals surface area contributed by atoms with Crippen LogP contribution in [0.3, 0.4) is 0 Å². The zero-order valence-electron chi connectivity index (χ0n) is 14.7. The standard InChI is InChI=1S/C20H18ClFN4O/c1-13-10-18(19(27)23-9-8-14-4-2-5-15(21)11-14)26-20(24-13)25-17-7-3-6-16(22)12-17/h2-7,10-12H,8-9H2,1H3,(H,23,27)(H,24,25,26). The maximum absolute atomic E-state index is 13.3. The van der Waals surface area contributed by atoms with E-state index >= 15 is 0 Å². The lowest BCUT2D eigenvalue weighted by Crippen LogP contribution is -2.27. The maximum Gasteiger partial charge on any atom is 0.270 e. The van der Waals surface area contributed by atoms with E-state index in [9.17, 15) is 9.18 Å². The highest BCUT2D eigenvalue weighted by atomic mass is 35.5. The molecule has 27 heavy (non-hydrogen) atoms. The van der Waals surface area contributed by atoms with Crippen LogP contribution < -0.4 is 10.6 Å². The molecule has 0 bridgehead atoms. The van der Waals surface area contributed by atoms with Crippen molar-refractivity contribution in [2.75, 3.05) is 11.9 Å². The quantitative estimate of drug-likeness (QED) is 0.665. The Morgan fingerprint density at radius 1 is 1.11 bits per heavy atom. The van der Waals surface area contributed by atoms with Crippen LogP contribution in [0.1, 0.15) is 21.7 Å². The van der Waals surface area contributed by atoms with Gasteiger partial charge < -0.3 is 10.6 Å². The fourth-order valence-electron chi connectivity index (χ4n) is 2.54. The Morgan fingerprint density at radius 2 is 1.93 bits per heavy atom. The number of halogens is 2. The highest BCUT2D eigenvalue weighted by Gasteiger charge is 2.11. The fourth-order valence-corrected chi connectivity index (χ4v) is 2.75. The second kappa shape index (κ2) is 8.60. The van der Waals surface area contributed by atoms with Gasteiger partial charge in [-0.2, -0.15) is 0 Å². The molecule has 0 saturated carbocycles. The van der Waals surface area contributed by atoms with E-state index in [-0.39, 0.29) is 23.4 Å². The number of aromatic nitrogens is 2. The summed E-state index contributed by atoms with van der Waals surface area (Å²) < 4.78 is 13.3. The van der Waals surface area contributed by atoms with Crippen molar-refractivity contribution in [3.8, 4) is 0 Å². The second-order valence-corrected chi connectivity index (χ2v) is 6.43. The summed E-state index contributed by atoms with van der Waals surface area (Å²) in [6.45, 7) is 2.22. The lowest BCUT2D eigenvalue weighted by molar-refractivity contribution is 0.0949. The van der Waals surface area contributed by atoms with Crippen LogP contribution in [0, 0.1) is 12.7 Å². The minimum Gasteiger partial charge on any atom is -0.350 e. The molecular formula is C20H18ClFN4O. The molecule has 5 nitrogen and oxygen atoms in total. The summed E-state index contributed by atoms with van der Waals surface area (Å²) in [5.74, 6) is -0.433. The highest BCUT2D eigenvalue weighted by Crippen LogP contribution is 2.15. The van der Waals surface area contributed by atoms with Crippen molar-refractivity contribution in [2.45, 2.75) is 13.3 Å². The molecular weight excluding hydrogens is 367 g/mol. The first-order chi connectivity index (χ1) is 13.0. The lowest BCUT2D eigenvalue weighted by Gasteiger charge is -2.09. The zero-order chi connectivity index (χ0) is 19.2. The average Bonchev–Trinajstić information content (AvgIpc) is 2.61. The number of carbonyl (C=O) groups is 1. The molecule has 1 heterocycles. The summed E-state index contributed by atoms with van der Waals surface area (Å²) in [5, 5.41) is 6.41. The van der Waals surface area contributed by atoms with Crippen molar-refractivity contribution in [1.82, 2.24) is 15.3 Å². The highest BCUT2D eigenvalue weighted by molar-refractivity contribution is 6.30. The van der Waals surface area contributed by atoms with Gasteiger partial charge in [-0.1, -0.05) is 29.8 Å². The Kier molecular flexibility index (Phi) is 5.98. The number of carbonyl (C=O) groups excluding carboxylic acids is 1.